The van der Waals surface area contributed by atoms with Gasteiger partial charge in [0.15, 0.2) is 0 Å². The van der Waals surface area contributed by atoms with E-state index in [4.69, 9.17) is 5.73 Å². The summed E-state index contributed by atoms with van der Waals surface area (Å²) in [6, 6.07) is 16.7. The molecular weight excluding hydrogens is 392 g/mol. The first kappa shape index (κ1) is 19.0. The first-order chi connectivity index (χ1) is 15.0. The SMILES string of the molecule is NCCCn1cc(-c2nc3cc4ccccc4cc3[nH]c2=O)c2cc(C(=O)O)ccc21. The van der Waals surface area contributed by atoms with Crippen LogP contribution in [0.25, 0.3) is 44.0 Å². The molecule has 0 aliphatic rings. The van der Waals surface area contributed by atoms with Crippen LogP contribution in [0.2, 0.25) is 0 Å². The van der Waals surface area contributed by atoms with Gasteiger partial charge in [0.05, 0.1) is 16.6 Å². The zero-order valence-electron chi connectivity index (χ0n) is 16.6. The highest BCUT2D eigenvalue weighted by atomic mass is 16.4. The Balaban J connectivity index is 1.77. The van der Waals surface area contributed by atoms with Gasteiger partial charge < -0.3 is 20.4 Å². The molecule has 0 aliphatic heterocycles. The second kappa shape index (κ2) is 7.37. The van der Waals surface area contributed by atoms with Gasteiger partial charge in [0.25, 0.3) is 5.56 Å². The van der Waals surface area contributed by atoms with Gasteiger partial charge in [-0.2, -0.15) is 0 Å². The lowest BCUT2D eigenvalue weighted by Crippen LogP contribution is -2.11. The average Bonchev–Trinajstić information content (AvgIpc) is 3.13. The predicted octanol–water partition coefficient (Wildman–Crippen LogP) is 3.75. The molecule has 154 valence electrons. The molecule has 7 nitrogen and oxygen atoms in total. The van der Waals surface area contributed by atoms with Crippen LogP contribution in [0.5, 0.6) is 0 Å². The van der Waals surface area contributed by atoms with Crippen LogP contribution >= 0.6 is 0 Å². The number of rotatable bonds is 5. The summed E-state index contributed by atoms with van der Waals surface area (Å²) in [6.07, 6.45) is 2.62. The van der Waals surface area contributed by atoms with Gasteiger partial charge in [-0.15, -0.1) is 0 Å². The number of carboxylic acid groups (broad SMARTS) is 1. The van der Waals surface area contributed by atoms with Gasteiger partial charge in [0.2, 0.25) is 0 Å². The molecule has 0 saturated heterocycles. The van der Waals surface area contributed by atoms with E-state index < -0.39 is 5.97 Å². The van der Waals surface area contributed by atoms with Gasteiger partial charge in [0, 0.05) is 29.2 Å². The fraction of sp³-hybridized carbons (Fsp3) is 0.125. The van der Waals surface area contributed by atoms with E-state index in [1.165, 1.54) is 0 Å². The Kier molecular flexibility index (Phi) is 4.52. The molecule has 7 heteroatoms. The van der Waals surface area contributed by atoms with Crippen molar-refractivity contribution in [2.45, 2.75) is 13.0 Å². The second-order valence-electron chi connectivity index (χ2n) is 7.55. The van der Waals surface area contributed by atoms with Crippen molar-refractivity contribution in [2.24, 2.45) is 5.73 Å². The fourth-order valence-electron chi connectivity index (χ4n) is 4.02. The number of aryl methyl sites for hydroxylation is 1. The van der Waals surface area contributed by atoms with Gasteiger partial charge in [0.1, 0.15) is 5.69 Å². The van der Waals surface area contributed by atoms with Crippen molar-refractivity contribution in [3.63, 3.8) is 0 Å². The molecule has 5 rings (SSSR count). The summed E-state index contributed by atoms with van der Waals surface area (Å²) in [5, 5.41) is 12.2. The number of hydrogen-bond acceptors (Lipinski definition) is 4. The van der Waals surface area contributed by atoms with Crippen LogP contribution in [0, 0.1) is 0 Å². The lowest BCUT2D eigenvalue weighted by atomic mass is 10.1. The molecule has 2 heterocycles. The number of nitrogens with zero attached hydrogens (tertiary/aromatic N) is 2. The van der Waals surface area contributed by atoms with Crippen LogP contribution in [0.1, 0.15) is 16.8 Å². The maximum Gasteiger partial charge on any atom is 0.335 e. The van der Waals surface area contributed by atoms with Crippen molar-refractivity contribution >= 4 is 38.7 Å². The first-order valence-corrected chi connectivity index (χ1v) is 10.0. The van der Waals surface area contributed by atoms with E-state index in [0.717, 1.165) is 22.7 Å². The summed E-state index contributed by atoms with van der Waals surface area (Å²) < 4.78 is 1.99. The normalized spacial score (nSPS) is 11.5. The molecule has 4 N–H and O–H groups in total. The number of hydrogen-bond donors (Lipinski definition) is 3. The minimum absolute atomic E-state index is 0.161. The number of aromatic amines is 1. The van der Waals surface area contributed by atoms with Crippen molar-refractivity contribution in [1.82, 2.24) is 14.5 Å². The number of H-pyrrole nitrogens is 1. The number of benzene rings is 3. The molecule has 0 unspecified atom stereocenters. The Morgan fingerprint density at radius 1 is 1.10 bits per heavy atom. The maximum absolute atomic E-state index is 13.0. The third-order valence-electron chi connectivity index (χ3n) is 5.55. The molecule has 31 heavy (non-hydrogen) atoms. The molecular formula is C24H20N4O3. The van der Waals surface area contributed by atoms with E-state index >= 15 is 0 Å². The van der Waals surface area contributed by atoms with Crippen LogP contribution in [0.4, 0.5) is 0 Å². The van der Waals surface area contributed by atoms with E-state index in [-0.39, 0.29) is 16.8 Å². The molecule has 0 aliphatic carbocycles. The lowest BCUT2D eigenvalue weighted by Gasteiger charge is -2.05. The van der Waals surface area contributed by atoms with E-state index in [1.807, 2.05) is 47.2 Å². The predicted molar refractivity (Wildman–Crippen MR) is 121 cm³/mol. The van der Waals surface area contributed by atoms with Crippen molar-refractivity contribution in [3.05, 3.63) is 76.7 Å². The smallest absolute Gasteiger partial charge is 0.335 e. The highest BCUT2D eigenvalue weighted by Crippen LogP contribution is 2.30. The number of aromatic nitrogens is 3. The largest absolute Gasteiger partial charge is 0.478 e. The Bertz CT molecular complexity index is 1530. The Labute approximate surface area is 176 Å². The third kappa shape index (κ3) is 3.25. The first-order valence-electron chi connectivity index (χ1n) is 10.0. The van der Waals surface area contributed by atoms with Crippen molar-refractivity contribution in [2.75, 3.05) is 6.54 Å². The Morgan fingerprint density at radius 2 is 1.87 bits per heavy atom. The van der Waals surface area contributed by atoms with Gasteiger partial charge in [-0.3, -0.25) is 4.79 Å². The number of aromatic carboxylic acids is 1. The summed E-state index contributed by atoms with van der Waals surface area (Å²) in [6.45, 7) is 1.19. The lowest BCUT2D eigenvalue weighted by molar-refractivity contribution is 0.0697. The molecule has 0 amide bonds. The topological polar surface area (TPSA) is 114 Å². The van der Waals surface area contributed by atoms with Crippen LogP contribution < -0.4 is 11.3 Å². The van der Waals surface area contributed by atoms with Crippen LogP contribution in [0.15, 0.2) is 65.6 Å². The van der Waals surface area contributed by atoms with Gasteiger partial charge in [-0.05, 0) is 54.1 Å². The number of nitrogens with one attached hydrogen (secondary N) is 1. The molecule has 0 bridgehead atoms. The number of nitrogens with two attached hydrogens (primary N) is 1. The average molecular weight is 412 g/mol. The summed E-state index contributed by atoms with van der Waals surface area (Å²) in [5.41, 5.74) is 8.56. The molecule has 0 spiro atoms. The molecule has 0 atom stereocenters. The Morgan fingerprint density at radius 3 is 2.61 bits per heavy atom. The zero-order chi connectivity index (χ0) is 21.5. The van der Waals surface area contributed by atoms with Crippen LogP contribution in [-0.4, -0.2) is 32.2 Å². The highest BCUT2D eigenvalue weighted by Gasteiger charge is 2.17. The maximum atomic E-state index is 13.0. The molecule has 5 aromatic rings. The quantitative estimate of drug-likeness (QED) is 0.381. The van der Waals surface area contributed by atoms with E-state index in [9.17, 15) is 14.7 Å². The van der Waals surface area contributed by atoms with E-state index in [1.54, 1.807) is 18.2 Å². The van der Waals surface area contributed by atoms with Gasteiger partial charge in [-0.1, -0.05) is 24.3 Å². The summed E-state index contributed by atoms with van der Waals surface area (Å²) in [5.74, 6) is -1.02. The standard InChI is InChI=1S/C24H20N4O3/c25-8-3-9-28-13-18(17-10-16(24(30)31)6-7-21(17)28)22-23(29)27-20-12-15-5-2-1-4-14(15)11-19(20)26-22/h1-2,4-7,10-13H,3,8-9,25H2,(H,27,29)(H,30,31). The number of fused-ring (bicyclic) bond motifs is 3. The fourth-order valence-corrected chi connectivity index (χ4v) is 4.02. The van der Waals surface area contributed by atoms with Crippen molar-refractivity contribution in [1.29, 1.82) is 0 Å². The van der Waals surface area contributed by atoms with Crippen molar-refractivity contribution < 1.29 is 9.90 Å². The minimum Gasteiger partial charge on any atom is -0.478 e. The molecule has 0 saturated carbocycles. The van der Waals surface area contributed by atoms with Gasteiger partial charge in [-0.25, -0.2) is 9.78 Å². The third-order valence-corrected chi connectivity index (χ3v) is 5.55. The van der Waals surface area contributed by atoms with Crippen molar-refractivity contribution in [3.8, 4) is 11.3 Å². The molecule has 0 radical (unpaired) electrons. The van der Waals surface area contributed by atoms with Gasteiger partial charge >= 0.3 is 5.97 Å². The molecule has 3 aromatic carbocycles. The monoisotopic (exact) mass is 412 g/mol. The molecule has 2 aromatic heterocycles. The Hall–Kier alpha value is -3.97. The second-order valence-corrected chi connectivity index (χ2v) is 7.55. The van der Waals surface area contributed by atoms with Crippen LogP contribution in [0.3, 0.4) is 0 Å². The number of carbonyl (C=O) groups is 1. The summed E-state index contributed by atoms with van der Waals surface area (Å²) in [7, 11) is 0. The highest BCUT2D eigenvalue weighted by molar-refractivity contribution is 6.01. The summed E-state index contributed by atoms with van der Waals surface area (Å²) in [4.78, 5) is 32.1. The zero-order valence-corrected chi connectivity index (χ0v) is 16.6. The number of carboxylic acids is 1. The van der Waals surface area contributed by atoms with E-state index in [0.29, 0.717) is 35.1 Å². The molecule has 0 fully saturated rings. The summed E-state index contributed by atoms with van der Waals surface area (Å²) >= 11 is 0. The van der Waals surface area contributed by atoms with E-state index in [2.05, 4.69) is 9.97 Å². The minimum atomic E-state index is -1.02. The van der Waals surface area contributed by atoms with Crippen LogP contribution in [-0.2, 0) is 6.54 Å².